The van der Waals surface area contributed by atoms with Crippen molar-refractivity contribution < 1.29 is 0 Å². The van der Waals surface area contributed by atoms with Crippen molar-refractivity contribution in [2.24, 2.45) is 11.8 Å². The topological polar surface area (TPSA) is 42.7 Å². The Labute approximate surface area is 117 Å². The van der Waals surface area contributed by atoms with Gasteiger partial charge in [0.2, 0.25) is 0 Å². The predicted octanol–water partition coefficient (Wildman–Crippen LogP) is 2.82. The van der Waals surface area contributed by atoms with E-state index in [1.807, 2.05) is 6.20 Å². The summed E-state index contributed by atoms with van der Waals surface area (Å²) in [5, 5.41) is 12.0. The molecule has 1 fully saturated rings. The van der Waals surface area contributed by atoms with E-state index in [0.717, 1.165) is 37.9 Å². The van der Waals surface area contributed by atoms with Crippen LogP contribution in [0.5, 0.6) is 0 Å². The van der Waals surface area contributed by atoms with E-state index in [1.165, 1.54) is 25.0 Å². The van der Waals surface area contributed by atoms with Crippen molar-refractivity contribution >= 4 is 0 Å². The van der Waals surface area contributed by atoms with Gasteiger partial charge in [0.1, 0.15) is 0 Å². The lowest BCUT2D eigenvalue weighted by atomic mass is 9.93. The van der Waals surface area contributed by atoms with Gasteiger partial charge in [-0.1, -0.05) is 32.4 Å². The smallest absolute Gasteiger partial charge is 0.0728 e. The molecular formula is C15H28N4. The molecule has 0 radical (unpaired) electrons. The highest BCUT2D eigenvalue weighted by molar-refractivity contribution is 5.08. The SMILES string of the molecule is CCCn1nncc1C1CCCC1CNCC(C)C. The number of aryl methyl sites for hydroxylation is 1. The molecule has 19 heavy (non-hydrogen) atoms. The second kappa shape index (κ2) is 7.04. The molecular weight excluding hydrogens is 236 g/mol. The van der Waals surface area contributed by atoms with E-state index >= 15 is 0 Å². The van der Waals surface area contributed by atoms with Crippen LogP contribution in [0.25, 0.3) is 0 Å². The Morgan fingerprint density at radius 2 is 2.26 bits per heavy atom. The van der Waals surface area contributed by atoms with Crippen LogP contribution in [0.3, 0.4) is 0 Å². The van der Waals surface area contributed by atoms with Crippen molar-refractivity contribution in [2.45, 2.75) is 58.9 Å². The van der Waals surface area contributed by atoms with E-state index < -0.39 is 0 Å². The number of rotatable bonds is 7. The molecule has 1 aliphatic rings. The minimum Gasteiger partial charge on any atom is -0.316 e. The average molecular weight is 264 g/mol. The summed E-state index contributed by atoms with van der Waals surface area (Å²) in [6, 6.07) is 0. The lowest BCUT2D eigenvalue weighted by Gasteiger charge is -2.21. The normalized spacial score (nSPS) is 23.4. The summed E-state index contributed by atoms with van der Waals surface area (Å²) < 4.78 is 2.12. The summed E-state index contributed by atoms with van der Waals surface area (Å²) >= 11 is 0. The van der Waals surface area contributed by atoms with Crippen LogP contribution in [0.15, 0.2) is 6.20 Å². The first-order chi connectivity index (χ1) is 9.22. The summed E-state index contributed by atoms with van der Waals surface area (Å²) in [7, 11) is 0. The molecule has 0 saturated heterocycles. The maximum Gasteiger partial charge on any atom is 0.0728 e. The third-order valence-corrected chi connectivity index (χ3v) is 4.08. The Balaban J connectivity index is 1.95. The Kier molecular flexibility index (Phi) is 5.37. The maximum absolute atomic E-state index is 4.24. The molecule has 1 heterocycles. The minimum atomic E-state index is 0.654. The number of nitrogens with one attached hydrogen (secondary N) is 1. The molecule has 4 heteroatoms. The van der Waals surface area contributed by atoms with Crippen LogP contribution in [0.1, 0.15) is 58.1 Å². The highest BCUT2D eigenvalue weighted by Gasteiger charge is 2.30. The first kappa shape index (κ1) is 14.5. The van der Waals surface area contributed by atoms with Crippen LogP contribution in [0.2, 0.25) is 0 Å². The number of aromatic nitrogens is 3. The van der Waals surface area contributed by atoms with Gasteiger partial charge < -0.3 is 5.32 Å². The molecule has 0 aliphatic heterocycles. The van der Waals surface area contributed by atoms with Crippen LogP contribution in [-0.2, 0) is 6.54 Å². The third kappa shape index (κ3) is 3.78. The molecule has 1 aromatic rings. The first-order valence-corrected chi connectivity index (χ1v) is 7.81. The molecule has 1 aliphatic carbocycles. The van der Waals surface area contributed by atoms with Crippen molar-refractivity contribution in [2.75, 3.05) is 13.1 Å². The molecule has 0 aromatic carbocycles. The van der Waals surface area contributed by atoms with E-state index in [0.29, 0.717) is 5.92 Å². The zero-order chi connectivity index (χ0) is 13.7. The second-order valence-corrected chi connectivity index (χ2v) is 6.23. The lowest BCUT2D eigenvalue weighted by molar-refractivity contribution is 0.404. The number of nitrogens with zero attached hydrogens (tertiary/aromatic N) is 3. The van der Waals surface area contributed by atoms with Gasteiger partial charge in [0.25, 0.3) is 0 Å². The van der Waals surface area contributed by atoms with Gasteiger partial charge in [-0.3, -0.25) is 0 Å². The fourth-order valence-corrected chi connectivity index (χ4v) is 3.17. The quantitative estimate of drug-likeness (QED) is 0.823. The molecule has 2 rings (SSSR count). The van der Waals surface area contributed by atoms with Crippen molar-refractivity contribution in [3.8, 4) is 0 Å². The molecule has 2 atom stereocenters. The van der Waals surface area contributed by atoms with Gasteiger partial charge in [-0.05, 0) is 44.2 Å². The van der Waals surface area contributed by atoms with Gasteiger partial charge in [0, 0.05) is 12.5 Å². The monoisotopic (exact) mass is 264 g/mol. The average Bonchev–Trinajstić information content (AvgIpc) is 2.97. The van der Waals surface area contributed by atoms with Gasteiger partial charge in [-0.25, -0.2) is 4.68 Å². The standard InChI is InChI=1S/C15H28N4/c1-4-8-19-15(11-17-18-19)14-7-5-6-13(14)10-16-9-12(2)3/h11-14,16H,4-10H2,1-3H3. The summed E-state index contributed by atoms with van der Waals surface area (Å²) in [6.07, 6.45) is 7.09. The second-order valence-electron chi connectivity index (χ2n) is 6.23. The largest absolute Gasteiger partial charge is 0.316 e. The van der Waals surface area contributed by atoms with Gasteiger partial charge in [0.15, 0.2) is 0 Å². The van der Waals surface area contributed by atoms with E-state index in [-0.39, 0.29) is 0 Å². The van der Waals surface area contributed by atoms with Crippen LogP contribution < -0.4 is 5.32 Å². The van der Waals surface area contributed by atoms with Gasteiger partial charge in [-0.2, -0.15) is 0 Å². The number of hydrogen-bond donors (Lipinski definition) is 1. The van der Waals surface area contributed by atoms with Crippen LogP contribution >= 0.6 is 0 Å². The Hall–Kier alpha value is -0.900. The summed E-state index contributed by atoms with van der Waals surface area (Å²) in [5.41, 5.74) is 1.36. The van der Waals surface area contributed by atoms with Crippen LogP contribution in [0, 0.1) is 11.8 Å². The van der Waals surface area contributed by atoms with Crippen molar-refractivity contribution in [1.82, 2.24) is 20.3 Å². The molecule has 1 N–H and O–H groups in total. The Morgan fingerprint density at radius 1 is 1.42 bits per heavy atom. The molecule has 108 valence electrons. The Bertz CT molecular complexity index is 372. The Morgan fingerprint density at radius 3 is 3.00 bits per heavy atom. The van der Waals surface area contributed by atoms with Crippen molar-refractivity contribution in [3.63, 3.8) is 0 Å². The first-order valence-electron chi connectivity index (χ1n) is 7.81. The lowest BCUT2D eigenvalue weighted by Crippen LogP contribution is -2.28. The van der Waals surface area contributed by atoms with Crippen LogP contribution in [0.4, 0.5) is 0 Å². The van der Waals surface area contributed by atoms with Crippen molar-refractivity contribution in [3.05, 3.63) is 11.9 Å². The molecule has 4 nitrogen and oxygen atoms in total. The predicted molar refractivity (Wildman–Crippen MR) is 78.1 cm³/mol. The van der Waals surface area contributed by atoms with Crippen LogP contribution in [-0.4, -0.2) is 28.1 Å². The summed E-state index contributed by atoms with van der Waals surface area (Å²) in [5.74, 6) is 2.14. The molecule has 1 aromatic heterocycles. The molecule has 0 spiro atoms. The molecule has 1 saturated carbocycles. The highest BCUT2D eigenvalue weighted by Crippen LogP contribution is 2.38. The maximum atomic E-state index is 4.24. The van der Waals surface area contributed by atoms with Gasteiger partial charge >= 0.3 is 0 Å². The van der Waals surface area contributed by atoms with Crippen molar-refractivity contribution in [1.29, 1.82) is 0 Å². The van der Waals surface area contributed by atoms with Gasteiger partial charge in [-0.15, -0.1) is 5.10 Å². The summed E-state index contributed by atoms with van der Waals surface area (Å²) in [6.45, 7) is 9.98. The minimum absolute atomic E-state index is 0.654. The van der Waals surface area contributed by atoms with E-state index in [4.69, 9.17) is 0 Å². The van der Waals surface area contributed by atoms with E-state index in [1.54, 1.807) is 0 Å². The fourth-order valence-electron chi connectivity index (χ4n) is 3.17. The highest BCUT2D eigenvalue weighted by atomic mass is 15.4. The van der Waals surface area contributed by atoms with Gasteiger partial charge in [0.05, 0.1) is 11.9 Å². The summed E-state index contributed by atoms with van der Waals surface area (Å²) in [4.78, 5) is 0. The molecule has 2 unspecified atom stereocenters. The third-order valence-electron chi connectivity index (χ3n) is 4.08. The van der Waals surface area contributed by atoms with E-state index in [9.17, 15) is 0 Å². The number of hydrogen-bond acceptors (Lipinski definition) is 3. The zero-order valence-electron chi connectivity index (χ0n) is 12.6. The molecule has 0 amide bonds. The van der Waals surface area contributed by atoms with E-state index in [2.05, 4.69) is 41.1 Å². The fraction of sp³-hybridized carbons (Fsp3) is 0.867. The molecule has 0 bridgehead atoms. The zero-order valence-corrected chi connectivity index (χ0v) is 12.6.